The Bertz CT molecular complexity index is 682. The lowest BCUT2D eigenvalue weighted by atomic mass is 10.1. The maximum Gasteiger partial charge on any atom is 0.233 e. The first-order chi connectivity index (χ1) is 9.98. The quantitative estimate of drug-likeness (QED) is 0.885. The van der Waals surface area contributed by atoms with E-state index in [-0.39, 0.29) is 0 Å². The van der Waals surface area contributed by atoms with Crippen LogP contribution in [0, 0.1) is 0 Å². The highest BCUT2D eigenvalue weighted by Crippen LogP contribution is 2.20. The van der Waals surface area contributed by atoms with Gasteiger partial charge in [-0.2, -0.15) is 0 Å². The predicted molar refractivity (Wildman–Crippen MR) is 81.7 cm³/mol. The van der Waals surface area contributed by atoms with E-state index in [1.807, 2.05) is 13.0 Å². The zero-order chi connectivity index (χ0) is 15.3. The van der Waals surface area contributed by atoms with Gasteiger partial charge in [0.25, 0.3) is 0 Å². The molecule has 0 saturated heterocycles. The SMILES string of the molecule is CCCOc1ccc(-c2ccc(NS(C)(=O)=O)cc2)nn1. The Hall–Kier alpha value is -2.15. The molecule has 0 unspecified atom stereocenters. The number of aromatic nitrogens is 2. The Balaban J connectivity index is 2.11. The van der Waals surface area contributed by atoms with Crippen LogP contribution in [0.3, 0.4) is 0 Å². The topological polar surface area (TPSA) is 81.2 Å². The van der Waals surface area contributed by atoms with Gasteiger partial charge in [0.15, 0.2) is 0 Å². The summed E-state index contributed by atoms with van der Waals surface area (Å²) in [7, 11) is -3.26. The van der Waals surface area contributed by atoms with Crippen molar-refractivity contribution >= 4 is 15.7 Å². The Morgan fingerprint density at radius 3 is 2.33 bits per heavy atom. The van der Waals surface area contributed by atoms with Crippen molar-refractivity contribution in [3.8, 4) is 17.1 Å². The average Bonchev–Trinajstić information content (AvgIpc) is 2.45. The Labute approximate surface area is 124 Å². The second kappa shape index (κ2) is 6.53. The Morgan fingerprint density at radius 1 is 1.10 bits per heavy atom. The minimum absolute atomic E-state index is 0.496. The number of nitrogens with zero attached hydrogens (tertiary/aromatic N) is 2. The van der Waals surface area contributed by atoms with Gasteiger partial charge in [-0.3, -0.25) is 4.72 Å². The van der Waals surface area contributed by atoms with Crippen LogP contribution in [0.15, 0.2) is 36.4 Å². The van der Waals surface area contributed by atoms with E-state index in [4.69, 9.17) is 4.74 Å². The third-order valence-corrected chi connectivity index (χ3v) is 3.18. The minimum Gasteiger partial charge on any atom is -0.477 e. The molecule has 0 amide bonds. The molecule has 1 heterocycles. The molecule has 2 aromatic rings. The van der Waals surface area contributed by atoms with Crippen molar-refractivity contribution < 1.29 is 13.2 Å². The lowest BCUT2D eigenvalue weighted by Gasteiger charge is -2.06. The monoisotopic (exact) mass is 307 g/mol. The van der Waals surface area contributed by atoms with E-state index in [0.717, 1.165) is 18.2 Å². The number of hydrogen-bond acceptors (Lipinski definition) is 5. The molecular weight excluding hydrogens is 290 g/mol. The number of benzene rings is 1. The van der Waals surface area contributed by atoms with Crippen LogP contribution in [0.2, 0.25) is 0 Å². The molecule has 0 fully saturated rings. The second-order valence-corrected chi connectivity index (χ2v) is 6.31. The van der Waals surface area contributed by atoms with Crippen molar-refractivity contribution in [1.29, 1.82) is 0 Å². The van der Waals surface area contributed by atoms with Gasteiger partial charge in [-0.05, 0) is 24.6 Å². The molecule has 6 nitrogen and oxygen atoms in total. The molecule has 112 valence electrons. The molecule has 0 spiro atoms. The molecule has 0 bridgehead atoms. The first-order valence-corrected chi connectivity index (χ1v) is 8.42. The maximum absolute atomic E-state index is 11.1. The number of sulfonamides is 1. The molecule has 0 aliphatic heterocycles. The summed E-state index contributed by atoms with van der Waals surface area (Å²) in [5.74, 6) is 0.496. The number of hydrogen-bond donors (Lipinski definition) is 1. The van der Waals surface area contributed by atoms with Crippen molar-refractivity contribution in [2.24, 2.45) is 0 Å². The third-order valence-electron chi connectivity index (χ3n) is 2.58. The minimum atomic E-state index is -3.26. The summed E-state index contributed by atoms with van der Waals surface area (Å²) in [6, 6.07) is 10.5. The first kappa shape index (κ1) is 15.2. The van der Waals surface area contributed by atoms with E-state index < -0.39 is 10.0 Å². The number of rotatable bonds is 6. The number of nitrogens with one attached hydrogen (secondary N) is 1. The van der Waals surface area contributed by atoms with Crippen molar-refractivity contribution in [2.45, 2.75) is 13.3 Å². The average molecular weight is 307 g/mol. The van der Waals surface area contributed by atoms with Gasteiger partial charge in [0.2, 0.25) is 15.9 Å². The molecule has 0 atom stereocenters. The number of anilines is 1. The van der Waals surface area contributed by atoms with Gasteiger partial charge in [-0.25, -0.2) is 8.42 Å². The van der Waals surface area contributed by atoms with Crippen LogP contribution in [0.25, 0.3) is 11.3 Å². The van der Waals surface area contributed by atoms with E-state index in [0.29, 0.717) is 23.9 Å². The molecular formula is C14H17N3O3S. The molecule has 1 N–H and O–H groups in total. The zero-order valence-electron chi connectivity index (χ0n) is 11.9. The highest BCUT2D eigenvalue weighted by atomic mass is 32.2. The van der Waals surface area contributed by atoms with Crippen LogP contribution in [-0.4, -0.2) is 31.5 Å². The Kier molecular flexibility index (Phi) is 4.74. The maximum atomic E-state index is 11.1. The molecule has 21 heavy (non-hydrogen) atoms. The standard InChI is InChI=1S/C14H17N3O3S/c1-3-10-20-14-9-8-13(15-16-14)11-4-6-12(7-5-11)17-21(2,18)19/h4-9,17H,3,10H2,1-2H3. The summed E-state index contributed by atoms with van der Waals surface area (Å²) in [5, 5.41) is 8.08. The fourth-order valence-corrected chi connectivity index (χ4v) is 2.24. The summed E-state index contributed by atoms with van der Waals surface area (Å²) < 4.78 is 30.0. The van der Waals surface area contributed by atoms with Gasteiger partial charge in [0, 0.05) is 17.3 Å². The highest BCUT2D eigenvalue weighted by molar-refractivity contribution is 7.92. The lowest BCUT2D eigenvalue weighted by Crippen LogP contribution is -2.09. The normalized spacial score (nSPS) is 11.1. The number of ether oxygens (including phenoxy) is 1. The van der Waals surface area contributed by atoms with Gasteiger partial charge in [0.05, 0.1) is 18.6 Å². The highest BCUT2D eigenvalue weighted by Gasteiger charge is 2.04. The van der Waals surface area contributed by atoms with Crippen molar-refractivity contribution in [1.82, 2.24) is 10.2 Å². The molecule has 1 aromatic carbocycles. The summed E-state index contributed by atoms with van der Waals surface area (Å²) in [5.41, 5.74) is 2.06. The molecule has 0 aliphatic rings. The summed E-state index contributed by atoms with van der Waals surface area (Å²) >= 11 is 0. The zero-order valence-corrected chi connectivity index (χ0v) is 12.7. The van der Waals surface area contributed by atoms with Crippen LogP contribution in [0.1, 0.15) is 13.3 Å². The predicted octanol–water partition coefficient (Wildman–Crippen LogP) is 2.30. The summed E-state index contributed by atoms with van der Waals surface area (Å²) in [4.78, 5) is 0. The fourth-order valence-electron chi connectivity index (χ4n) is 1.68. The molecule has 1 aromatic heterocycles. The smallest absolute Gasteiger partial charge is 0.233 e. The fraction of sp³-hybridized carbons (Fsp3) is 0.286. The molecule has 0 radical (unpaired) electrons. The van der Waals surface area contributed by atoms with E-state index in [2.05, 4.69) is 14.9 Å². The first-order valence-electron chi connectivity index (χ1n) is 6.52. The molecule has 7 heteroatoms. The molecule has 0 saturated carbocycles. The summed E-state index contributed by atoms with van der Waals surface area (Å²) in [6.07, 6.45) is 2.03. The lowest BCUT2D eigenvalue weighted by molar-refractivity contribution is 0.302. The van der Waals surface area contributed by atoms with Crippen LogP contribution in [0.5, 0.6) is 5.88 Å². The summed E-state index contributed by atoms with van der Waals surface area (Å²) in [6.45, 7) is 2.63. The second-order valence-electron chi connectivity index (χ2n) is 4.56. The third kappa shape index (κ3) is 4.71. The van der Waals surface area contributed by atoms with Crippen molar-refractivity contribution in [2.75, 3.05) is 17.6 Å². The van der Waals surface area contributed by atoms with Crippen LogP contribution in [-0.2, 0) is 10.0 Å². The van der Waals surface area contributed by atoms with Gasteiger partial charge in [-0.15, -0.1) is 10.2 Å². The van der Waals surface area contributed by atoms with Crippen LogP contribution >= 0.6 is 0 Å². The van der Waals surface area contributed by atoms with E-state index in [1.54, 1.807) is 30.3 Å². The van der Waals surface area contributed by atoms with Crippen molar-refractivity contribution in [3.05, 3.63) is 36.4 Å². The van der Waals surface area contributed by atoms with Crippen LogP contribution in [0.4, 0.5) is 5.69 Å². The van der Waals surface area contributed by atoms with E-state index in [9.17, 15) is 8.42 Å². The van der Waals surface area contributed by atoms with Gasteiger partial charge >= 0.3 is 0 Å². The molecule has 0 aliphatic carbocycles. The van der Waals surface area contributed by atoms with Gasteiger partial charge in [0.1, 0.15) is 0 Å². The van der Waals surface area contributed by atoms with Crippen LogP contribution < -0.4 is 9.46 Å². The van der Waals surface area contributed by atoms with Gasteiger partial charge < -0.3 is 4.74 Å². The van der Waals surface area contributed by atoms with Crippen molar-refractivity contribution in [3.63, 3.8) is 0 Å². The van der Waals surface area contributed by atoms with Gasteiger partial charge in [-0.1, -0.05) is 19.1 Å². The Morgan fingerprint density at radius 2 is 1.81 bits per heavy atom. The van der Waals surface area contributed by atoms with E-state index in [1.165, 1.54) is 0 Å². The molecule has 2 rings (SSSR count). The largest absolute Gasteiger partial charge is 0.477 e. The van der Waals surface area contributed by atoms with E-state index >= 15 is 0 Å².